The number of imidazole rings is 1. The maximum atomic E-state index is 12.4. The Hall–Kier alpha value is -2.82. The van der Waals surface area contributed by atoms with Crippen molar-refractivity contribution in [1.82, 2.24) is 9.55 Å². The molecule has 0 amide bonds. The van der Waals surface area contributed by atoms with Crippen LogP contribution in [0.4, 0.5) is 0 Å². The number of aryl methyl sites for hydroxylation is 2. The summed E-state index contributed by atoms with van der Waals surface area (Å²) >= 11 is 0. The summed E-state index contributed by atoms with van der Waals surface area (Å²) < 4.78 is 12.4. The molecule has 1 aromatic carbocycles. The number of carbonyl (C=O) groups excluding carboxylic acids is 1. The molecule has 2 heterocycles. The second-order valence-electron chi connectivity index (χ2n) is 5.41. The highest BCUT2D eigenvalue weighted by molar-refractivity contribution is 5.79. The molecule has 1 atom stereocenters. The smallest absolute Gasteiger partial charge is 0.333 e. The quantitative estimate of drug-likeness (QED) is 0.692. The van der Waals surface area contributed by atoms with Crippen LogP contribution in [0.2, 0.25) is 0 Å². The van der Waals surface area contributed by atoms with Crippen LogP contribution in [0.1, 0.15) is 22.9 Å². The van der Waals surface area contributed by atoms with Crippen molar-refractivity contribution in [3.8, 4) is 11.6 Å². The first-order valence-corrected chi connectivity index (χ1v) is 7.34. The highest BCUT2D eigenvalue weighted by Gasteiger charge is 2.27. The molecule has 0 spiro atoms. The number of benzene rings is 1. The summed E-state index contributed by atoms with van der Waals surface area (Å²) in [4.78, 5) is 16.8. The summed E-state index contributed by atoms with van der Waals surface area (Å²) in [6, 6.07) is 10.9. The van der Waals surface area contributed by atoms with Crippen LogP contribution in [0.5, 0.6) is 0 Å². The lowest BCUT2D eigenvalue weighted by atomic mass is 10.0. The van der Waals surface area contributed by atoms with E-state index in [1.54, 1.807) is 17.0 Å². The second kappa shape index (κ2) is 6.12. The molecule has 0 saturated heterocycles. The van der Waals surface area contributed by atoms with E-state index in [4.69, 9.17) is 9.15 Å². The topological polar surface area (TPSA) is 57.3 Å². The Balaban J connectivity index is 2.12. The van der Waals surface area contributed by atoms with Crippen LogP contribution in [0, 0.1) is 13.8 Å². The lowest BCUT2D eigenvalue weighted by molar-refractivity contribution is -0.143. The Labute approximate surface area is 134 Å². The number of esters is 1. The lowest BCUT2D eigenvalue weighted by Crippen LogP contribution is -2.22. The predicted octanol–water partition coefficient (Wildman–Crippen LogP) is 3.52. The van der Waals surface area contributed by atoms with E-state index in [-0.39, 0.29) is 5.97 Å². The van der Waals surface area contributed by atoms with Gasteiger partial charge in [-0.15, -0.1) is 0 Å². The molecule has 0 radical (unpaired) electrons. The van der Waals surface area contributed by atoms with Gasteiger partial charge in [0.1, 0.15) is 5.76 Å². The second-order valence-corrected chi connectivity index (χ2v) is 5.41. The van der Waals surface area contributed by atoms with E-state index in [2.05, 4.69) is 4.98 Å². The highest BCUT2D eigenvalue weighted by Crippen LogP contribution is 2.28. The molecule has 0 fully saturated rings. The normalized spacial score (nSPS) is 12.1. The van der Waals surface area contributed by atoms with Gasteiger partial charge in [0.05, 0.1) is 7.11 Å². The van der Waals surface area contributed by atoms with Crippen LogP contribution in [0.25, 0.3) is 11.6 Å². The van der Waals surface area contributed by atoms with E-state index in [0.29, 0.717) is 11.6 Å². The van der Waals surface area contributed by atoms with Gasteiger partial charge in [-0.3, -0.25) is 0 Å². The van der Waals surface area contributed by atoms with E-state index >= 15 is 0 Å². The minimum absolute atomic E-state index is 0.349. The number of aromatic nitrogens is 2. The molecule has 0 aliphatic heterocycles. The van der Waals surface area contributed by atoms with Gasteiger partial charge in [-0.1, -0.05) is 29.8 Å². The van der Waals surface area contributed by atoms with Crippen molar-refractivity contribution in [2.24, 2.45) is 0 Å². The number of hydrogen-bond acceptors (Lipinski definition) is 4. The van der Waals surface area contributed by atoms with E-state index in [9.17, 15) is 4.79 Å². The minimum Gasteiger partial charge on any atom is -0.467 e. The van der Waals surface area contributed by atoms with Crippen molar-refractivity contribution in [1.29, 1.82) is 0 Å². The fraction of sp³-hybridized carbons (Fsp3) is 0.222. The maximum absolute atomic E-state index is 12.4. The zero-order valence-electron chi connectivity index (χ0n) is 13.3. The maximum Gasteiger partial charge on any atom is 0.333 e. The molecule has 0 saturated carbocycles. The van der Waals surface area contributed by atoms with Gasteiger partial charge in [-0.05, 0) is 31.5 Å². The third-order valence-corrected chi connectivity index (χ3v) is 3.69. The fourth-order valence-electron chi connectivity index (χ4n) is 2.63. The van der Waals surface area contributed by atoms with E-state index in [1.165, 1.54) is 7.11 Å². The molecular formula is C18H18N2O3. The Morgan fingerprint density at radius 1 is 1.26 bits per heavy atom. The molecule has 0 N–H and O–H groups in total. The zero-order chi connectivity index (χ0) is 16.4. The summed E-state index contributed by atoms with van der Waals surface area (Å²) in [5.74, 6) is 1.65. The Morgan fingerprint density at radius 2 is 2.09 bits per heavy atom. The van der Waals surface area contributed by atoms with E-state index in [0.717, 1.165) is 16.9 Å². The molecule has 0 unspecified atom stereocenters. The average molecular weight is 310 g/mol. The Kier molecular flexibility index (Phi) is 4.02. The van der Waals surface area contributed by atoms with E-state index < -0.39 is 6.04 Å². The van der Waals surface area contributed by atoms with Gasteiger partial charge in [-0.2, -0.15) is 0 Å². The van der Waals surface area contributed by atoms with E-state index in [1.807, 2.05) is 50.2 Å². The predicted molar refractivity (Wildman–Crippen MR) is 86.0 cm³/mol. The average Bonchev–Trinajstić information content (AvgIpc) is 3.16. The number of methoxy groups -OCH3 is 1. The molecule has 3 rings (SSSR count). The number of carbonyl (C=O) groups is 1. The molecule has 0 aliphatic carbocycles. The SMILES string of the molecule is COC(=O)[C@H](c1cccc(C)c1)n1ccnc1-c1ccc(C)o1. The third-order valence-electron chi connectivity index (χ3n) is 3.69. The third kappa shape index (κ3) is 2.90. The van der Waals surface area contributed by atoms with Gasteiger partial charge in [-0.25, -0.2) is 9.78 Å². The minimum atomic E-state index is -0.609. The number of ether oxygens (including phenoxy) is 1. The number of furan rings is 1. The van der Waals surface area contributed by atoms with Crippen molar-refractivity contribution in [3.05, 3.63) is 65.7 Å². The number of rotatable bonds is 4. The van der Waals surface area contributed by atoms with Crippen LogP contribution >= 0.6 is 0 Å². The number of nitrogens with zero attached hydrogens (tertiary/aromatic N) is 2. The van der Waals surface area contributed by atoms with Crippen molar-refractivity contribution < 1.29 is 13.9 Å². The van der Waals surface area contributed by atoms with Gasteiger partial charge in [0, 0.05) is 12.4 Å². The molecule has 5 nitrogen and oxygen atoms in total. The van der Waals surface area contributed by atoms with Gasteiger partial charge in [0.2, 0.25) is 0 Å². The summed E-state index contributed by atoms with van der Waals surface area (Å²) in [7, 11) is 1.39. The molecule has 3 aromatic rings. The first-order chi connectivity index (χ1) is 11.1. The van der Waals surface area contributed by atoms with Gasteiger partial charge in [0.15, 0.2) is 17.6 Å². The number of hydrogen-bond donors (Lipinski definition) is 0. The van der Waals surface area contributed by atoms with Crippen LogP contribution in [-0.2, 0) is 9.53 Å². The van der Waals surface area contributed by atoms with Crippen molar-refractivity contribution >= 4 is 5.97 Å². The molecule has 118 valence electrons. The zero-order valence-corrected chi connectivity index (χ0v) is 13.3. The molecule has 5 heteroatoms. The van der Waals surface area contributed by atoms with Crippen molar-refractivity contribution in [2.45, 2.75) is 19.9 Å². The standard InChI is InChI=1S/C18H18N2O3/c1-12-5-4-6-14(11-12)16(18(21)22-3)20-10-9-19-17(20)15-8-7-13(2)23-15/h4-11,16H,1-3H3/t16-/m0/s1. The molecule has 0 bridgehead atoms. The van der Waals surface area contributed by atoms with Crippen LogP contribution in [0.3, 0.4) is 0 Å². The first kappa shape index (κ1) is 15.1. The van der Waals surface area contributed by atoms with Gasteiger partial charge in [0.25, 0.3) is 0 Å². The summed E-state index contributed by atoms with van der Waals surface area (Å²) in [5.41, 5.74) is 1.92. The summed E-state index contributed by atoms with van der Waals surface area (Å²) in [5, 5.41) is 0. The summed E-state index contributed by atoms with van der Waals surface area (Å²) in [6.07, 6.45) is 3.41. The van der Waals surface area contributed by atoms with Crippen molar-refractivity contribution in [3.63, 3.8) is 0 Å². The molecule has 0 aliphatic rings. The van der Waals surface area contributed by atoms with Crippen LogP contribution < -0.4 is 0 Å². The summed E-state index contributed by atoms with van der Waals surface area (Å²) in [6.45, 7) is 3.86. The first-order valence-electron chi connectivity index (χ1n) is 7.34. The Morgan fingerprint density at radius 3 is 2.74 bits per heavy atom. The largest absolute Gasteiger partial charge is 0.467 e. The van der Waals surface area contributed by atoms with Gasteiger partial charge >= 0.3 is 5.97 Å². The lowest BCUT2D eigenvalue weighted by Gasteiger charge is -2.19. The Bertz CT molecular complexity index is 832. The fourth-order valence-corrected chi connectivity index (χ4v) is 2.63. The van der Waals surface area contributed by atoms with Crippen LogP contribution in [0.15, 0.2) is 53.2 Å². The van der Waals surface area contributed by atoms with Crippen molar-refractivity contribution in [2.75, 3.05) is 7.11 Å². The van der Waals surface area contributed by atoms with Gasteiger partial charge < -0.3 is 13.7 Å². The monoisotopic (exact) mass is 310 g/mol. The highest BCUT2D eigenvalue weighted by atomic mass is 16.5. The van der Waals surface area contributed by atoms with Crippen LogP contribution in [-0.4, -0.2) is 22.6 Å². The molecule has 23 heavy (non-hydrogen) atoms. The molecular weight excluding hydrogens is 292 g/mol. The molecule has 2 aromatic heterocycles.